The van der Waals surface area contributed by atoms with Crippen LogP contribution in [0.1, 0.15) is 24.0 Å². The number of carbonyl (C=O) groups excluding carboxylic acids is 2. The molecule has 32 heavy (non-hydrogen) atoms. The molecule has 0 heterocycles. The zero-order valence-corrected chi connectivity index (χ0v) is 17.5. The van der Waals surface area contributed by atoms with Gasteiger partial charge in [0.2, 0.25) is 5.91 Å². The Kier molecular flexibility index (Phi) is 9.27. The smallest absolute Gasteiger partial charge is 0.416 e. The lowest BCUT2D eigenvalue weighted by molar-refractivity contribution is -0.137. The van der Waals surface area contributed by atoms with Crippen molar-refractivity contribution >= 4 is 23.4 Å². The van der Waals surface area contributed by atoms with Crippen molar-refractivity contribution in [3.05, 3.63) is 64.4 Å². The van der Waals surface area contributed by atoms with E-state index in [4.69, 9.17) is 16.3 Å². The summed E-state index contributed by atoms with van der Waals surface area (Å²) in [5.41, 5.74) is -0.301. The van der Waals surface area contributed by atoms with Gasteiger partial charge in [0.1, 0.15) is 11.6 Å². The average molecular weight is 477 g/mol. The Morgan fingerprint density at radius 1 is 1.06 bits per heavy atom. The number of aliphatic hydroxyl groups is 1. The number of benzene rings is 2. The number of hydrogen-bond donors (Lipinski definition) is 3. The molecular weight excluding hydrogens is 456 g/mol. The summed E-state index contributed by atoms with van der Waals surface area (Å²) in [6, 6.07) is 8.11. The highest BCUT2D eigenvalue weighted by Gasteiger charge is 2.29. The number of hydrogen-bond acceptors (Lipinski definition) is 4. The zero-order chi connectivity index (χ0) is 23.7. The van der Waals surface area contributed by atoms with Gasteiger partial charge < -0.3 is 20.5 Å². The summed E-state index contributed by atoms with van der Waals surface area (Å²) in [4.78, 5) is 23.6. The molecule has 0 fully saturated rings. The minimum Gasteiger partial charge on any atom is -0.484 e. The van der Waals surface area contributed by atoms with Gasteiger partial charge in [0, 0.05) is 19.2 Å². The van der Waals surface area contributed by atoms with Crippen LogP contribution < -0.4 is 15.4 Å². The standard InChI is InChI=1S/C21H21ClF4N2O4/c22-17-6-5-16(10-18(17)23)32-12-20(31)27-8-7-15(29)9-19(30)28-11-13-1-3-14(4-2-13)21(24,25)26/h1-6,10,15,29H,7-9,11-12H2,(H,27,31)(H,28,30)/t15-/m0/s1. The summed E-state index contributed by atoms with van der Waals surface area (Å²) in [6.45, 7) is -0.279. The monoisotopic (exact) mass is 476 g/mol. The first-order valence-electron chi connectivity index (χ1n) is 9.50. The topological polar surface area (TPSA) is 87.7 Å². The highest BCUT2D eigenvalue weighted by molar-refractivity contribution is 6.30. The van der Waals surface area contributed by atoms with Crippen molar-refractivity contribution in [2.24, 2.45) is 0 Å². The van der Waals surface area contributed by atoms with E-state index in [2.05, 4.69) is 10.6 Å². The van der Waals surface area contributed by atoms with Crippen molar-refractivity contribution in [1.82, 2.24) is 10.6 Å². The molecule has 6 nitrogen and oxygen atoms in total. The lowest BCUT2D eigenvalue weighted by Gasteiger charge is -2.12. The molecule has 0 saturated heterocycles. The summed E-state index contributed by atoms with van der Waals surface area (Å²) in [5, 5.41) is 14.8. The average Bonchev–Trinajstić information content (AvgIpc) is 2.72. The van der Waals surface area contributed by atoms with Crippen molar-refractivity contribution in [3.63, 3.8) is 0 Å². The minimum atomic E-state index is -4.43. The predicted octanol–water partition coefficient (Wildman–Crippen LogP) is 3.45. The van der Waals surface area contributed by atoms with Gasteiger partial charge in [0.25, 0.3) is 5.91 Å². The summed E-state index contributed by atoms with van der Waals surface area (Å²) < 4.78 is 56.0. The number of halogens is 5. The molecule has 0 aliphatic heterocycles. The summed E-state index contributed by atoms with van der Waals surface area (Å²) >= 11 is 5.55. The number of aliphatic hydroxyl groups excluding tert-OH is 1. The quantitative estimate of drug-likeness (QED) is 0.458. The van der Waals surface area contributed by atoms with Gasteiger partial charge in [-0.2, -0.15) is 13.2 Å². The largest absolute Gasteiger partial charge is 0.484 e. The van der Waals surface area contributed by atoms with Crippen LogP contribution in [0.2, 0.25) is 5.02 Å². The van der Waals surface area contributed by atoms with Gasteiger partial charge >= 0.3 is 6.18 Å². The van der Waals surface area contributed by atoms with E-state index in [-0.39, 0.29) is 43.3 Å². The zero-order valence-electron chi connectivity index (χ0n) is 16.7. The second-order valence-corrected chi connectivity index (χ2v) is 7.24. The van der Waals surface area contributed by atoms with Gasteiger partial charge in [0.05, 0.1) is 23.1 Å². The van der Waals surface area contributed by atoms with Crippen LogP contribution in [0, 0.1) is 5.82 Å². The number of nitrogens with one attached hydrogen (secondary N) is 2. The molecule has 0 saturated carbocycles. The second-order valence-electron chi connectivity index (χ2n) is 6.83. The Bertz CT molecular complexity index is 923. The van der Waals surface area contributed by atoms with Crippen molar-refractivity contribution in [2.75, 3.05) is 13.2 Å². The molecule has 2 amide bonds. The molecule has 2 rings (SSSR count). The van der Waals surface area contributed by atoms with Gasteiger partial charge in [-0.1, -0.05) is 23.7 Å². The SMILES string of the molecule is O=C(COc1ccc(Cl)c(F)c1)NCC[C@H](O)CC(=O)NCc1ccc(C(F)(F)F)cc1. The van der Waals surface area contributed by atoms with E-state index in [1.807, 2.05) is 0 Å². The number of ether oxygens (including phenoxy) is 1. The van der Waals surface area contributed by atoms with E-state index in [9.17, 15) is 32.3 Å². The number of rotatable bonds is 10. The number of amides is 2. The third-order valence-corrected chi connectivity index (χ3v) is 4.56. The Labute approximate surface area is 186 Å². The van der Waals surface area contributed by atoms with Crippen molar-refractivity contribution in [1.29, 1.82) is 0 Å². The summed E-state index contributed by atoms with van der Waals surface area (Å²) in [6.07, 6.45) is -5.61. The van der Waals surface area contributed by atoms with Gasteiger partial charge in [-0.05, 0) is 36.2 Å². The molecule has 0 aromatic heterocycles. The second kappa shape index (κ2) is 11.7. The molecule has 3 N–H and O–H groups in total. The van der Waals surface area contributed by atoms with Gasteiger partial charge in [-0.3, -0.25) is 9.59 Å². The molecule has 1 atom stereocenters. The van der Waals surface area contributed by atoms with Crippen molar-refractivity contribution in [2.45, 2.75) is 31.7 Å². The highest BCUT2D eigenvalue weighted by Crippen LogP contribution is 2.29. The van der Waals surface area contributed by atoms with E-state index in [0.717, 1.165) is 18.2 Å². The molecule has 0 aliphatic rings. The Morgan fingerprint density at radius 2 is 1.75 bits per heavy atom. The summed E-state index contributed by atoms with van der Waals surface area (Å²) in [7, 11) is 0. The number of carbonyl (C=O) groups is 2. The van der Waals surface area contributed by atoms with E-state index >= 15 is 0 Å². The van der Waals surface area contributed by atoms with Gasteiger partial charge in [-0.15, -0.1) is 0 Å². The molecule has 0 radical (unpaired) electrons. The van der Waals surface area contributed by atoms with E-state index in [0.29, 0.717) is 5.56 Å². The summed E-state index contributed by atoms with van der Waals surface area (Å²) in [5.74, 6) is -1.53. The molecular formula is C21H21ClF4N2O4. The molecule has 0 aliphatic carbocycles. The lowest BCUT2D eigenvalue weighted by atomic mass is 10.1. The van der Waals surface area contributed by atoms with E-state index in [1.165, 1.54) is 24.3 Å². The first kappa shape index (κ1) is 25.4. The van der Waals surface area contributed by atoms with E-state index in [1.54, 1.807) is 0 Å². The van der Waals surface area contributed by atoms with Crippen LogP contribution in [0.3, 0.4) is 0 Å². The molecule has 0 unspecified atom stereocenters. The fourth-order valence-corrected chi connectivity index (χ4v) is 2.66. The predicted molar refractivity (Wildman–Crippen MR) is 108 cm³/mol. The van der Waals surface area contributed by atoms with Gasteiger partial charge in [0.15, 0.2) is 6.61 Å². The molecule has 2 aromatic rings. The first-order chi connectivity index (χ1) is 15.0. The number of alkyl halides is 3. The Hall–Kier alpha value is -2.85. The fourth-order valence-electron chi connectivity index (χ4n) is 2.55. The van der Waals surface area contributed by atoms with Crippen LogP contribution in [-0.2, 0) is 22.3 Å². The van der Waals surface area contributed by atoms with Crippen LogP contribution in [-0.4, -0.2) is 36.2 Å². The van der Waals surface area contributed by atoms with Crippen LogP contribution in [0.15, 0.2) is 42.5 Å². The van der Waals surface area contributed by atoms with Gasteiger partial charge in [-0.25, -0.2) is 4.39 Å². The normalized spacial score (nSPS) is 12.2. The maximum atomic E-state index is 13.3. The van der Waals surface area contributed by atoms with Crippen LogP contribution >= 0.6 is 11.6 Å². The lowest BCUT2D eigenvalue weighted by Crippen LogP contribution is -2.33. The third kappa shape index (κ3) is 8.72. The molecule has 11 heteroatoms. The van der Waals surface area contributed by atoms with Crippen molar-refractivity contribution < 1.29 is 37.0 Å². The third-order valence-electron chi connectivity index (χ3n) is 4.25. The van der Waals surface area contributed by atoms with Crippen LogP contribution in [0.4, 0.5) is 17.6 Å². The fraction of sp³-hybridized carbons (Fsp3) is 0.333. The molecule has 0 bridgehead atoms. The maximum absolute atomic E-state index is 13.3. The van der Waals surface area contributed by atoms with Crippen molar-refractivity contribution in [3.8, 4) is 5.75 Å². The van der Waals surface area contributed by atoms with E-state index < -0.39 is 35.5 Å². The molecule has 2 aromatic carbocycles. The molecule has 0 spiro atoms. The Morgan fingerprint density at radius 3 is 2.38 bits per heavy atom. The minimum absolute atomic E-state index is 0.0169. The van der Waals surface area contributed by atoms with Crippen LogP contribution in [0.5, 0.6) is 5.75 Å². The Balaban J connectivity index is 1.62. The maximum Gasteiger partial charge on any atom is 0.416 e. The first-order valence-corrected chi connectivity index (χ1v) is 9.88. The molecule has 174 valence electrons. The highest BCUT2D eigenvalue weighted by atomic mass is 35.5. The van der Waals surface area contributed by atoms with Crippen LogP contribution in [0.25, 0.3) is 0 Å².